The number of carbonyl (C=O) groups excluding carboxylic acids is 2. The van der Waals surface area contributed by atoms with Gasteiger partial charge in [0.15, 0.2) is 0 Å². The Hall–Kier alpha value is -1.36. The SMILES string of the molecule is CC[C@H](Br)C(=O)Nc1ccc(NC(C)=O)cc1. The van der Waals surface area contributed by atoms with Crippen LogP contribution < -0.4 is 10.6 Å². The quantitative estimate of drug-likeness (QED) is 0.840. The number of alkyl halides is 1. The Morgan fingerprint density at radius 1 is 1.18 bits per heavy atom. The van der Waals surface area contributed by atoms with Crippen LogP contribution in [0, 0.1) is 0 Å². The zero-order chi connectivity index (χ0) is 12.8. The Bertz CT molecular complexity index is 403. The van der Waals surface area contributed by atoms with Gasteiger partial charge in [-0.05, 0) is 30.7 Å². The highest BCUT2D eigenvalue weighted by Gasteiger charge is 2.11. The minimum Gasteiger partial charge on any atom is -0.326 e. The molecule has 4 nitrogen and oxygen atoms in total. The van der Waals surface area contributed by atoms with Crippen LogP contribution in [0.3, 0.4) is 0 Å². The minimum atomic E-state index is -0.183. The highest BCUT2D eigenvalue weighted by molar-refractivity contribution is 9.10. The van der Waals surface area contributed by atoms with E-state index in [2.05, 4.69) is 26.6 Å². The second kappa shape index (κ2) is 6.39. The Labute approximate surface area is 109 Å². The zero-order valence-electron chi connectivity index (χ0n) is 9.79. The fourth-order valence-corrected chi connectivity index (χ4v) is 1.36. The molecular formula is C12H15BrN2O2. The maximum absolute atomic E-state index is 11.6. The van der Waals surface area contributed by atoms with Gasteiger partial charge >= 0.3 is 0 Å². The first-order valence-electron chi connectivity index (χ1n) is 5.35. The van der Waals surface area contributed by atoms with Crippen LogP contribution in [-0.2, 0) is 9.59 Å². The zero-order valence-corrected chi connectivity index (χ0v) is 11.4. The molecule has 1 atom stereocenters. The van der Waals surface area contributed by atoms with Crippen molar-refractivity contribution in [3.05, 3.63) is 24.3 Å². The molecule has 0 aliphatic carbocycles. The molecule has 92 valence electrons. The summed E-state index contributed by atoms with van der Waals surface area (Å²) in [5.74, 6) is -0.187. The Balaban J connectivity index is 2.62. The topological polar surface area (TPSA) is 58.2 Å². The molecule has 0 aromatic heterocycles. The summed E-state index contributed by atoms with van der Waals surface area (Å²) in [6, 6.07) is 6.98. The molecule has 0 saturated heterocycles. The molecule has 0 fully saturated rings. The van der Waals surface area contributed by atoms with Crippen molar-refractivity contribution in [3.63, 3.8) is 0 Å². The third-order valence-corrected chi connectivity index (χ3v) is 3.18. The number of hydrogen-bond donors (Lipinski definition) is 2. The maximum Gasteiger partial charge on any atom is 0.238 e. The summed E-state index contributed by atoms with van der Waals surface area (Å²) < 4.78 is 0. The first-order valence-corrected chi connectivity index (χ1v) is 6.27. The average molecular weight is 299 g/mol. The molecule has 2 N–H and O–H groups in total. The Kier molecular flexibility index (Phi) is 5.15. The number of anilines is 2. The molecule has 2 amide bonds. The van der Waals surface area contributed by atoms with Crippen LogP contribution in [0.1, 0.15) is 20.3 Å². The number of carbonyl (C=O) groups is 2. The summed E-state index contributed by atoms with van der Waals surface area (Å²) in [6.45, 7) is 3.38. The molecule has 0 bridgehead atoms. The molecule has 0 saturated carbocycles. The summed E-state index contributed by atoms with van der Waals surface area (Å²) >= 11 is 3.28. The molecule has 0 radical (unpaired) electrons. The molecule has 1 aromatic rings. The number of nitrogens with one attached hydrogen (secondary N) is 2. The van der Waals surface area contributed by atoms with Gasteiger partial charge in [0.1, 0.15) is 0 Å². The lowest BCUT2D eigenvalue weighted by Crippen LogP contribution is -2.21. The van der Waals surface area contributed by atoms with Crippen LogP contribution >= 0.6 is 15.9 Å². The fourth-order valence-electron chi connectivity index (χ4n) is 1.25. The van der Waals surface area contributed by atoms with Gasteiger partial charge < -0.3 is 10.6 Å². The molecule has 17 heavy (non-hydrogen) atoms. The van der Waals surface area contributed by atoms with E-state index in [1.54, 1.807) is 24.3 Å². The highest BCUT2D eigenvalue weighted by Crippen LogP contribution is 2.15. The van der Waals surface area contributed by atoms with E-state index in [9.17, 15) is 9.59 Å². The van der Waals surface area contributed by atoms with E-state index in [1.807, 2.05) is 6.92 Å². The minimum absolute atomic E-state index is 0.0697. The predicted molar refractivity (Wildman–Crippen MR) is 72.4 cm³/mol. The fraction of sp³-hybridized carbons (Fsp3) is 0.333. The molecule has 0 aliphatic heterocycles. The van der Waals surface area contributed by atoms with E-state index < -0.39 is 0 Å². The van der Waals surface area contributed by atoms with Gasteiger partial charge in [-0.2, -0.15) is 0 Å². The van der Waals surface area contributed by atoms with Gasteiger partial charge in [-0.25, -0.2) is 0 Å². The predicted octanol–water partition coefficient (Wildman–Crippen LogP) is 2.76. The number of halogens is 1. The average Bonchev–Trinajstić information content (AvgIpc) is 2.30. The van der Waals surface area contributed by atoms with Gasteiger partial charge in [0.25, 0.3) is 0 Å². The van der Waals surface area contributed by atoms with Crippen molar-refractivity contribution in [2.45, 2.75) is 25.1 Å². The standard InChI is InChI=1S/C12H15BrN2O2/c1-3-11(13)12(17)15-10-6-4-9(5-7-10)14-8(2)16/h4-7,11H,3H2,1-2H3,(H,14,16)(H,15,17)/t11-/m0/s1. The second-order valence-corrected chi connectivity index (χ2v) is 4.73. The number of benzene rings is 1. The summed E-state index contributed by atoms with van der Waals surface area (Å²) in [7, 11) is 0. The molecule has 0 spiro atoms. The maximum atomic E-state index is 11.6. The van der Waals surface area contributed by atoms with E-state index in [1.165, 1.54) is 6.92 Å². The first kappa shape index (κ1) is 13.7. The number of rotatable bonds is 4. The van der Waals surface area contributed by atoms with E-state index in [0.717, 1.165) is 6.42 Å². The highest BCUT2D eigenvalue weighted by atomic mass is 79.9. The van der Waals surface area contributed by atoms with Gasteiger partial charge in [-0.3, -0.25) is 9.59 Å². The van der Waals surface area contributed by atoms with Gasteiger partial charge in [0, 0.05) is 18.3 Å². The van der Waals surface area contributed by atoms with Crippen molar-refractivity contribution in [3.8, 4) is 0 Å². The summed E-state index contributed by atoms with van der Waals surface area (Å²) in [6.07, 6.45) is 0.732. The molecule has 0 unspecified atom stereocenters. The summed E-state index contributed by atoms with van der Waals surface area (Å²) in [5.41, 5.74) is 1.42. The van der Waals surface area contributed by atoms with Gasteiger partial charge in [-0.1, -0.05) is 22.9 Å². The summed E-state index contributed by atoms with van der Waals surface area (Å²) in [5, 5.41) is 5.43. The lowest BCUT2D eigenvalue weighted by atomic mass is 10.2. The smallest absolute Gasteiger partial charge is 0.238 e. The van der Waals surface area contributed by atoms with Gasteiger partial charge in [0.2, 0.25) is 11.8 Å². The van der Waals surface area contributed by atoms with Crippen molar-refractivity contribution in [1.29, 1.82) is 0 Å². The molecule has 0 heterocycles. The van der Waals surface area contributed by atoms with Crippen molar-refractivity contribution < 1.29 is 9.59 Å². The molecule has 1 rings (SSSR count). The van der Waals surface area contributed by atoms with Crippen LogP contribution in [0.15, 0.2) is 24.3 Å². The third kappa shape index (κ3) is 4.56. The van der Waals surface area contributed by atoms with Crippen LogP contribution in [-0.4, -0.2) is 16.6 Å². The van der Waals surface area contributed by atoms with E-state index in [-0.39, 0.29) is 16.6 Å². The second-order valence-electron chi connectivity index (χ2n) is 3.62. The van der Waals surface area contributed by atoms with Crippen LogP contribution in [0.2, 0.25) is 0 Å². The Morgan fingerprint density at radius 3 is 2.06 bits per heavy atom. The lowest BCUT2D eigenvalue weighted by Gasteiger charge is -2.09. The monoisotopic (exact) mass is 298 g/mol. The summed E-state index contributed by atoms with van der Waals surface area (Å²) in [4.78, 5) is 22.2. The third-order valence-electron chi connectivity index (χ3n) is 2.12. The van der Waals surface area contributed by atoms with Crippen molar-refractivity contribution in [2.75, 3.05) is 10.6 Å². The van der Waals surface area contributed by atoms with Crippen LogP contribution in [0.4, 0.5) is 11.4 Å². The lowest BCUT2D eigenvalue weighted by molar-refractivity contribution is -0.116. The number of amides is 2. The molecule has 0 aliphatic rings. The largest absolute Gasteiger partial charge is 0.326 e. The normalized spacial score (nSPS) is 11.7. The van der Waals surface area contributed by atoms with E-state index in [4.69, 9.17) is 0 Å². The van der Waals surface area contributed by atoms with E-state index >= 15 is 0 Å². The Morgan fingerprint density at radius 2 is 1.65 bits per heavy atom. The molecular weight excluding hydrogens is 284 g/mol. The van der Waals surface area contributed by atoms with Gasteiger partial charge in [0.05, 0.1) is 4.83 Å². The first-order chi connectivity index (χ1) is 8.02. The van der Waals surface area contributed by atoms with Crippen molar-refractivity contribution in [2.24, 2.45) is 0 Å². The van der Waals surface area contributed by atoms with Crippen molar-refractivity contribution >= 4 is 39.1 Å². The molecule has 1 aromatic carbocycles. The van der Waals surface area contributed by atoms with Crippen LogP contribution in [0.25, 0.3) is 0 Å². The van der Waals surface area contributed by atoms with Crippen molar-refractivity contribution in [1.82, 2.24) is 0 Å². The van der Waals surface area contributed by atoms with Crippen LogP contribution in [0.5, 0.6) is 0 Å². The molecule has 5 heteroatoms. The van der Waals surface area contributed by atoms with Gasteiger partial charge in [-0.15, -0.1) is 0 Å². The van der Waals surface area contributed by atoms with E-state index in [0.29, 0.717) is 11.4 Å². The number of hydrogen-bond acceptors (Lipinski definition) is 2.